The molecule has 0 unspecified atom stereocenters. The number of fused-ring (bicyclic) bond motifs is 3. The number of benzene rings is 3. The zero-order chi connectivity index (χ0) is 16.7. The van der Waals surface area contributed by atoms with Gasteiger partial charge in [-0.3, -0.25) is 0 Å². The van der Waals surface area contributed by atoms with E-state index < -0.39 is 0 Å². The van der Waals surface area contributed by atoms with E-state index in [-0.39, 0.29) is 0 Å². The van der Waals surface area contributed by atoms with Crippen molar-refractivity contribution in [2.24, 2.45) is 0 Å². The molecule has 1 heterocycles. The van der Waals surface area contributed by atoms with Gasteiger partial charge in [-0.25, -0.2) is 0 Å². The van der Waals surface area contributed by atoms with Crippen molar-refractivity contribution in [1.29, 1.82) is 5.26 Å². The van der Waals surface area contributed by atoms with E-state index in [1.165, 1.54) is 0 Å². The van der Waals surface area contributed by atoms with E-state index in [4.69, 9.17) is 4.74 Å². The lowest BCUT2D eigenvalue weighted by Crippen LogP contribution is -1.91. The molecule has 0 aliphatic rings. The maximum Gasteiger partial charge on any atom is 0.118 e. The summed E-state index contributed by atoms with van der Waals surface area (Å²) in [7, 11) is 1.66. The number of nitrogens with zero attached hydrogens (tertiary/aromatic N) is 1. The van der Waals surface area contributed by atoms with Gasteiger partial charge in [0.05, 0.1) is 18.2 Å². The van der Waals surface area contributed by atoms with Crippen LogP contribution in [0.4, 0.5) is 0 Å². The molecule has 0 aliphatic carbocycles. The van der Waals surface area contributed by atoms with Crippen LogP contribution in [0.1, 0.15) is 11.1 Å². The third-order valence-corrected chi connectivity index (χ3v) is 4.58. The van der Waals surface area contributed by atoms with Crippen LogP contribution in [-0.2, 0) is 0 Å². The van der Waals surface area contributed by atoms with Gasteiger partial charge >= 0.3 is 0 Å². The fraction of sp³-hybridized carbons (Fsp3) is 0.0952. The zero-order valence-corrected chi connectivity index (χ0v) is 13.6. The van der Waals surface area contributed by atoms with E-state index in [0.717, 1.165) is 44.2 Å². The van der Waals surface area contributed by atoms with Gasteiger partial charge < -0.3 is 9.72 Å². The van der Waals surface area contributed by atoms with Gasteiger partial charge in [-0.2, -0.15) is 5.26 Å². The number of para-hydroxylation sites is 1. The van der Waals surface area contributed by atoms with Crippen molar-refractivity contribution < 1.29 is 4.74 Å². The lowest BCUT2D eigenvalue weighted by atomic mass is 9.94. The van der Waals surface area contributed by atoms with Gasteiger partial charge in [0.25, 0.3) is 0 Å². The van der Waals surface area contributed by atoms with Gasteiger partial charge in [-0.15, -0.1) is 0 Å². The first-order valence-corrected chi connectivity index (χ1v) is 7.81. The van der Waals surface area contributed by atoms with Crippen LogP contribution >= 0.6 is 0 Å². The number of rotatable bonds is 2. The molecule has 116 valence electrons. The molecule has 0 spiro atoms. The molecule has 4 rings (SSSR count). The molecule has 24 heavy (non-hydrogen) atoms. The molecule has 1 N–H and O–H groups in total. The molecule has 0 atom stereocenters. The number of hydrogen-bond donors (Lipinski definition) is 1. The van der Waals surface area contributed by atoms with Crippen LogP contribution in [0.5, 0.6) is 5.75 Å². The molecule has 0 saturated heterocycles. The third kappa shape index (κ3) is 2.04. The number of aromatic nitrogens is 1. The van der Waals surface area contributed by atoms with Gasteiger partial charge in [0.1, 0.15) is 11.8 Å². The highest BCUT2D eigenvalue weighted by Crippen LogP contribution is 2.36. The average molecular weight is 312 g/mol. The predicted molar refractivity (Wildman–Crippen MR) is 97.2 cm³/mol. The fourth-order valence-electron chi connectivity index (χ4n) is 3.30. The van der Waals surface area contributed by atoms with Gasteiger partial charge in [-0.05, 0) is 47.9 Å². The van der Waals surface area contributed by atoms with E-state index in [1.54, 1.807) is 7.11 Å². The minimum absolute atomic E-state index is 0.703. The third-order valence-electron chi connectivity index (χ3n) is 4.58. The summed E-state index contributed by atoms with van der Waals surface area (Å²) in [5.74, 6) is 0.824. The smallest absolute Gasteiger partial charge is 0.118 e. The van der Waals surface area contributed by atoms with Crippen LogP contribution in [0.15, 0.2) is 54.6 Å². The van der Waals surface area contributed by atoms with Gasteiger partial charge in [0.2, 0.25) is 0 Å². The van der Waals surface area contributed by atoms with Crippen molar-refractivity contribution in [3.8, 4) is 22.9 Å². The molecule has 0 saturated carbocycles. The Bertz CT molecular complexity index is 1100. The summed E-state index contributed by atoms with van der Waals surface area (Å²) in [5.41, 5.74) is 5.81. The number of hydrogen-bond acceptors (Lipinski definition) is 2. The summed E-state index contributed by atoms with van der Waals surface area (Å²) in [4.78, 5) is 3.39. The Morgan fingerprint density at radius 3 is 2.46 bits per heavy atom. The van der Waals surface area contributed by atoms with Crippen molar-refractivity contribution in [1.82, 2.24) is 4.98 Å². The average Bonchev–Trinajstić information content (AvgIpc) is 2.99. The largest absolute Gasteiger partial charge is 0.497 e. The molecule has 3 aromatic carbocycles. The van der Waals surface area contributed by atoms with Gasteiger partial charge in [0, 0.05) is 16.3 Å². The summed E-state index contributed by atoms with van der Waals surface area (Å²) in [5, 5.41) is 11.9. The molecule has 4 aromatic rings. The minimum Gasteiger partial charge on any atom is -0.497 e. The summed E-state index contributed by atoms with van der Waals surface area (Å²) < 4.78 is 5.24. The highest BCUT2D eigenvalue weighted by Gasteiger charge is 2.15. The molecule has 1 aromatic heterocycles. The van der Waals surface area contributed by atoms with Crippen LogP contribution in [0.2, 0.25) is 0 Å². The quantitative estimate of drug-likeness (QED) is 0.554. The number of methoxy groups -OCH3 is 1. The van der Waals surface area contributed by atoms with Crippen LogP contribution in [0.25, 0.3) is 32.9 Å². The first-order chi connectivity index (χ1) is 11.7. The van der Waals surface area contributed by atoms with Crippen LogP contribution in [0.3, 0.4) is 0 Å². The molecule has 0 amide bonds. The van der Waals surface area contributed by atoms with E-state index in [2.05, 4.69) is 23.2 Å². The van der Waals surface area contributed by atoms with Crippen molar-refractivity contribution in [3.05, 3.63) is 65.7 Å². The van der Waals surface area contributed by atoms with Crippen molar-refractivity contribution in [2.75, 3.05) is 7.11 Å². The predicted octanol–water partition coefficient (Wildman–Crippen LogP) is 5.18. The number of nitriles is 1. The molecular weight excluding hydrogens is 296 g/mol. The standard InChI is InChI=1S/C21H16N2O/c1-13-17(14-7-9-15(24-2)10-8-14)11-18-16-5-3-4-6-20(16)23-21(18)19(13)12-22/h3-11,23H,1-2H3. The normalized spacial score (nSPS) is 10.9. The highest BCUT2D eigenvalue weighted by molar-refractivity contribution is 6.10. The number of aromatic amines is 1. The lowest BCUT2D eigenvalue weighted by molar-refractivity contribution is 0.415. The second-order valence-electron chi connectivity index (χ2n) is 5.86. The van der Waals surface area contributed by atoms with Gasteiger partial charge in [0.15, 0.2) is 0 Å². The zero-order valence-electron chi connectivity index (χ0n) is 13.6. The summed E-state index contributed by atoms with van der Waals surface area (Å²) in [6, 6.07) is 20.6. The molecular formula is C21H16N2O. The SMILES string of the molecule is COc1ccc(-c2cc3c([nH]c4ccccc43)c(C#N)c2C)cc1. The Morgan fingerprint density at radius 1 is 1.00 bits per heavy atom. The Balaban J connectivity index is 2.06. The topological polar surface area (TPSA) is 48.8 Å². The molecule has 0 radical (unpaired) electrons. The Labute approximate surface area is 140 Å². The van der Waals surface area contributed by atoms with Crippen molar-refractivity contribution in [3.63, 3.8) is 0 Å². The Hall–Kier alpha value is -3.25. The maximum absolute atomic E-state index is 9.71. The number of H-pyrrole nitrogens is 1. The number of nitrogens with one attached hydrogen (secondary N) is 1. The first kappa shape index (κ1) is 14.3. The molecule has 3 nitrogen and oxygen atoms in total. The Kier molecular flexibility index (Phi) is 3.25. The summed E-state index contributed by atoms with van der Waals surface area (Å²) >= 11 is 0. The van der Waals surface area contributed by atoms with Gasteiger partial charge in [-0.1, -0.05) is 30.3 Å². The van der Waals surface area contributed by atoms with Crippen molar-refractivity contribution in [2.45, 2.75) is 6.92 Å². The first-order valence-electron chi connectivity index (χ1n) is 7.81. The molecule has 0 fully saturated rings. The van der Waals surface area contributed by atoms with Crippen LogP contribution < -0.4 is 4.74 Å². The monoisotopic (exact) mass is 312 g/mol. The molecule has 3 heteroatoms. The lowest BCUT2D eigenvalue weighted by Gasteiger charge is -2.10. The second-order valence-corrected chi connectivity index (χ2v) is 5.86. The minimum atomic E-state index is 0.703. The molecule has 0 aliphatic heterocycles. The number of ether oxygens (including phenoxy) is 1. The van der Waals surface area contributed by atoms with E-state index >= 15 is 0 Å². The van der Waals surface area contributed by atoms with E-state index in [9.17, 15) is 5.26 Å². The van der Waals surface area contributed by atoms with Crippen molar-refractivity contribution >= 4 is 21.8 Å². The summed E-state index contributed by atoms with van der Waals surface area (Å²) in [6.07, 6.45) is 0. The summed E-state index contributed by atoms with van der Waals surface area (Å²) in [6.45, 7) is 2.00. The Morgan fingerprint density at radius 2 is 1.75 bits per heavy atom. The van der Waals surface area contributed by atoms with Crippen LogP contribution in [-0.4, -0.2) is 12.1 Å². The second kappa shape index (κ2) is 5.43. The highest BCUT2D eigenvalue weighted by atomic mass is 16.5. The van der Waals surface area contributed by atoms with E-state index in [0.29, 0.717) is 5.56 Å². The molecule has 0 bridgehead atoms. The van der Waals surface area contributed by atoms with Crippen LogP contribution in [0, 0.1) is 18.3 Å². The van der Waals surface area contributed by atoms with E-state index in [1.807, 2.05) is 49.4 Å². The maximum atomic E-state index is 9.71. The fourth-order valence-corrected chi connectivity index (χ4v) is 3.30.